The van der Waals surface area contributed by atoms with Crippen LogP contribution in [0.3, 0.4) is 0 Å². The Morgan fingerprint density at radius 1 is 1.06 bits per heavy atom. The molecule has 176 valence electrons. The summed E-state index contributed by atoms with van der Waals surface area (Å²) in [6.07, 6.45) is 7.08. The zero-order valence-corrected chi connectivity index (χ0v) is 19.7. The number of oxime groups is 1. The summed E-state index contributed by atoms with van der Waals surface area (Å²) in [6, 6.07) is 7.69. The number of nitrogens with two attached hydrogens (primary N) is 1. The average molecular weight is 471 g/mol. The first-order valence-electron chi connectivity index (χ1n) is 11.5. The summed E-state index contributed by atoms with van der Waals surface area (Å²) < 4.78 is 0. The monoisotopic (exact) mass is 470 g/mol. The molecule has 33 heavy (non-hydrogen) atoms. The standard InChI is InChI=1S/C24H31ClN6O2/c1-33-29-22(18-2-4-21(25)5-3-18)19-8-12-31(13-9-19)23(32)20-6-10-30(11-7-20)16-17-14-27-24(26)28-15-17/h2-5,14-15,19-20H,6-13,16H2,1H3,(H2,26,27,28)/b29-22-. The zero-order valence-electron chi connectivity index (χ0n) is 19.0. The van der Waals surface area contributed by atoms with Crippen LogP contribution in [0.2, 0.25) is 5.02 Å². The average Bonchev–Trinajstić information content (AvgIpc) is 2.85. The number of halogens is 1. The Morgan fingerprint density at radius 3 is 2.27 bits per heavy atom. The summed E-state index contributed by atoms with van der Waals surface area (Å²) >= 11 is 6.03. The molecule has 0 bridgehead atoms. The minimum absolute atomic E-state index is 0.101. The van der Waals surface area contributed by atoms with E-state index in [2.05, 4.69) is 20.0 Å². The molecule has 9 heteroatoms. The van der Waals surface area contributed by atoms with E-state index in [0.717, 1.165) is 75.2 Å². The van der Waals surface area contributed by atoms with Crippen molar-refractivity contribution in [3.8, 4) is 0 Å². The molecule has 8 nitrogen and oxygen atoms in total. The van der Waals surface area contributed by atoms with Crippen LogP contribution in [-0.4, -0.2) is 64.7 Å². The number of nitrogen functional groups attached to an aromatic ring is 1. The van der Waals surface area contributed by atoms with E-state index in [4.69, 9.17) is 22.2 Å². The summed E-state index contributed by atoms with van der Waals surface area (Å²) in [5, 5.41) is 5.00. The SMILES string of the molecule is CO/N=C(/c1ccc(Cl)cc1)C1CCN(C(=O)C2CCN(Cc3cnc(N)nc3)CC2)CC1. The molecule has 0 aliphatic carbocycles. The molecule has 2 aromatic rings. The van der Waals surface area contributed by atoms with Gasteiger partial charge in [0.05, 0.1) is 5.71 Å². The third-order valence-electron chi connectivity index (χ3n) is 6.59. The summed E-state index contributed by atoms with van der Waals surface area (Å²) in [5.41, 5.74) is 8.56. The van der Waals surface area contributed by atoms with Crippen molar-refractivity contribution in [2.75, 3.05) is 39.0 Å². The lowest BCUT2D eigenvalue weighted by Crippen LogP contribution is -2.46. The highest BCUT2D eigenvalue weighted by atomic mass is 35.5. The van der Waals surface area contributed by atoms with Crippen molar-refractivity contribution in [1.82, 2.24) is 19.8 Å². The van der Waals surface area contributed by atoms with E-state index in [1.165, 1.54) is 0 Å². The van der Waals surface area contributed by atoms with Crippen molar-refractivity contribution >= 4 is 29.2 Å². The van der Waals surface area contributed by atoms with Crippen LogP contribution in [-0.2, 0) is 16.2 Å². The first-order valence-corrected chi connectivity index (χ1v) is 11.9. The Hall–Kier alpha value is -2.71. The van der Waals surface area contributed by atoms with Crippen molar-refractivity contribution in [1.29, 1.82) is 0 Å². The minimum Gasteiger partial charge on any atom is -0.399 e. The number of amides is 1. The van der Waals surface area contributed by atoms with Gasteiger partial charge in [0.25, 0.3) is 0 Å². The molecular weight excluding hydrogens is 440 g/mol. The lowest BCUT2D eigenvalue weighted by Gasteiger charge is -2.37. The van der Waals surface area contributed by atoms with Crippen molar-refractivity contribution in [3.63, 3.8) is 0 Å². The molecule has 2 aliphatic rings. The van der Waals surface area contributed by atoms with Gasteiger partial charge in [-0.2, -0.15) is 0 Å². The number of likely N-dealkylation sites (tertiary alicyclic amines) is 2. The van der Waals surface area contributed by atoms with Gasteiger partial charge in [-0.1, -0.05) is 28.9 Å². The third kappa shape index (κ3) is 6.00. The summed E-state index contributed by atoms with van der Waals surface area (Å²) in [4.78, 5) is 30.8. The smallest absolute Gasteiger partial charge is 0.225 e. The number of nitrogens with zero attached hydrogens (tertiary/aromatic N) is 5. The highest BCUT2D eigenvalue weighted by Gasteiger charge is 2.32. The Labute approximate surface area is 199 Å². The number of carbonyl (C=O) groups is 1. The van der Waals surface area contributed by atoms with Crippen LogP contribution < -0.4 is 5.73 Å². The number of aromatic nitrogens is 2. The van der Waals surface area contributed by atoms with Crippen LogP contribution in [0.4, 0.5) is 5.95 Å². The van der Waals surface area contributed by atoms with Gasteiger partial charge < -0.3 is 15.5 Å². The molecule has 3 heterocycles. The second-order valence-corrected chi connectivity index (χ2v) is 9.20. The normalized spacial score (nSPS) is 19.0. The molecule has 1 aromatic heterocycles. The number of hydrogen-bond acceptors (Lipinski definition) is 7. The van der Waals surface area contributed by atoms with Crippen molar-refractivity contribution < 1.29 is 9.63 Å². The number of anilines is 1. The number of rotatable bonds is 6. The van der Waals surface area contributed by atoms with Gasteiger partial charge in [0.2, 0.25) is 11.9 Å². The van der Waals surface area contributed by atoms with E-state index in [-0.39, 0.29) is 11.8 Å². The fourth-order valence-corrected chi connectivity index (χ4v) is 4.88. The van der Waals surface area contributed by atoms with E-state index in [9.17, 15) is 4.79 Å². The highest BCUT2D eigenvalue weighted by Crippen LogP contribution is 2.27. The largest absolute Gasteiger partial charge is 0.399 e. The van der Waals surface area contributed by atoms with Crippen molar-refractivity contribution in [2.45, 2.75) is 32.2 Å². The summed E-state index contributed by atoms with van der Waals surface area (Å²) in [5.74, 6) is 0.948. The molecule has 1 aromatic carbocycles. The molecule has 2 saturated heterocycles. The van der Waals surface area contributed by atoms with Crippen LogP contribution in [0, 0.1) is 11.8 Å². The topological polar surface area (TPSA) is 96.9 Å². The van der Waals surface area contributed by atoms with E-state index >= 15 is 0 Å². The van der Waals surface area contributed by atoms with Gasteiger partial charge in [-0.05, 0) is 56.5 Å². The minimum atomic E-state index is 0.101. The van der Waals surface area contributed by atoms with Crippen molar-refractivity contribution in [2.24, 2.45) is 17.0 Å². The van der Waals surface area contributed by atoms with Gasteiger partial charge >= 0.3 is 0 Å². The first kappa shape index (κ1) is 23.4. The van der Waals surface area contributed by atoms with Crippen molar-refractivity contribution in [3.05, 3.63) is 52.8 Å². The maximum atomic E-state index is 13.2. The molecule has 4 rings (SSSR count). The van der Waals surface area contributed by atoms with Gasteiger partial charge in [0, 0.05) is 54.4 Å². The van der Waals surface area contributed by atoms with Gasteiger partial charge in [-0.15, -0.1) is 0 Å². The van der Waals surface area contributed by atoms with Crippen LogP contribution in [0.25, 0.3) is 0 Å². The molecule has 1 amide bonds. The third-order valence-corrected chi connectivity index (χ3v) is 6.84. The summed E-state index contributed by atoms with van der Waals surface area (Å²) in [6.45, 7) is 4.10. The maximum absolute atomic E-state index is 13.2. The zero-order chi connectivity index (χ0) is 23.2. The Kier molecular flexibility index (Phi) is 7.77. The predicted octanol–water partition coefficient (Wildman–Crippen LogP) is 3.21. The van der Waals surface area contributed by atoms with E-state index in [1.54, 1.807) is 19.5 Å². The van der Waals surface area contributed by atoms with Crippen LogP contribution in [0.1, 0.15) is 36.8 Å². The summed E-state index contributed by atoms with van der Waals surface area (Å²) in [7, 11) is 1.57. The molecule has 0 spiro atoms. The Morgan fingerprint density at radius 2 is 1.67 bits per heavy atom. The molecule has 0 atom stereocenters. The molecule has 2 fully saturated rings. The van der Waals surface area contributed by atoms with Gasteiger partial charge in [0.15, 0.2) is 0 Å². The lowest BCUT2D eigenvalue weighted by molar-refractivity contribution is -0.138. The van der Waals surface area contributed by atoms with Gasteiger partial charge in [0.1, 0.15) is 7.11 Å². The lowest BCUT2D eigenvalue weighted by atomic mass is 9.87. The number of benzene rings is 1. The second kappa shape index (κ2) is 10.9. The first-order chi connectivity index (χ1) is 16.0. The quantitative estimate of drug-likeness (QED) is 0.514. The van der Waals surface area contributed by atoms with Gasteiger partial charge in [-0.25, -0.2) is 9.97 Å². The molecular formula is C24H31ClN6O2. The van der Waals surface area contributed by atoms with Gasteiger partial charge in [-0.3, -0.25) is 9.69 Å². The molecule has 2 N–H and O–H groups in total. The molecule has 0 saturated carbocycles. The fourth-order valence-electron chi connectivity index (χ4n) is 4.76. The van der Waals surface area contributed by atoms with E-state index in [1.807, 2.05) is 29.2 Å². The second-order valence-electron chi connectivity index (χ2n) is 8.77. The number of hydrogen-bond donors (Lipinski definition) is 1. The van der Waals surface area contributed by atoms with E-state index in [0.29, 0.717) is 16.9 Å². The molecule has 2 aliphatic heterocycles. The number of piperidine rings is 2. The number of carbonyl (C=O) groups excluding carboxylic acids is 1. The van der Waals surface area contributed by atoms with Crippen LogP contribution in [0.15, 0.2) is 41.8 Å². The maximum Gasteiger partial charge on any atom is 0.225 e. The Bertz CT molecular complexity index is 950. The fraction of sp³-hybridized carbons (Fsp3) is 0.500. The Balaban J connectivity index is 1.27. The predicted molar refractivity (Wildman–Crippen MR) is 129 cm³/mol. The van der Waals surface area contributed by atoms with E-state index < -0.39 is 0 Å². The van der Waals surface area contributed by atoms with Crippen LogP contribution in [0.5, 0.6) is 0 Å². The molecule has 0 unspecified atom stereocenters. The highest BCUT2D eigenvalue weighted by molar-refractivity contribution is 6.30. The van der Waals surface area contributed by atoms with Crippen LogP contribution >= 0.6 is 11.6 Å². The molecule has 0 radical (unpaired) electrons.